The van der Waals surface area contributed by atoms with Gasteiger partial charge in [-0.25, -0.2) is 0 Å². The normalized spacial score (nSPS) is 18.0. The maximum atomic E-state index is 12.0. The number of benzene rings is 1. The lowest BCUT2D eigenvalue weighted by Crippen LogP contribution is -2.33. The van der Waals surface area contributed by atoms with Crippen LogP contribution in [-0.2, 0) is 16.1 Å². The molecule has 1 aliphatic heterocycles. The lowest BCUT2D eigenvalue weighted by atomic mass is 9.96. The van der Waals surface area contributed by atoms with Gasteiger partial charge in [-0.1, -0.05) is 13.8 Å². The molecular formula is C17H25NO3. The summed E-state index contributed by atoms with van der Waals surface area (Å²) < 4.78 is 10.8. The number of aryl methyl sites for hydroxylation is 1. The molecule has 4 nitrogen and oxygen atoms in total. The molecule has 0 bridgehead atoms. The van der Waals surface area contributed by atoms with Gasteiger partial charge < -0.3 is 14.8 Å². The Morgan fingerprint density at radius 3 is 2.81 bits per heavy atom. The second kappa shape index (κ2) is 6.94. The molecule has 1 unspecified atom stereocenters. The highest BCUT2D eigenvalue weighted by molar-refractivity contribution is 5.81. The monoisotopic (exact) mass is 291 g/mol. The topological polar surface area (TPSA) is 47.6 Å². The number of methoxy groups -OCH3 is 1. The van der Waals surface area contributed by atoms with Crippen molar-refractivity contribution in [2.45, 2.75) is 52.2 Å². The predicted octanol–water partition coefficient (Wildman–Crippen LogP) is 2.92. The standard InChI is InChI=1S/C17H25NO3/c1-11(2)14-9-13(12(3)8-16(14)20-4)10-18-17(19)15-6-5-7-21-15/h8-9,11,15H,5-7,10H2,1-4H3,(H,18,19). The van der Waals surface area contributed by atoms with Crippen molar-refractivity contribution >= 4 is 5.91 Å². The first-order valence-corrected chi connectivity index (χ1v) is 7.59. The number of hydrogen-bond donors (Lipinski definition) is 1. The van der Waals surface area contributed by atoms with Crippen LogP contribution in [-0.4, -0.2) is 25.7 Å². The van der Waals surface area contributed by atoms with E-state index in [4.69, 9.17) is 9.47 Å². The summed E-state index contributed by atoms with van der Waals surface area (Å²) >= 11 is 0. The lowest BCUT2D eigenvalue weighted by Gasteiger charge is -2.17. The van der Waals surface area contributed by atoms with Gasteiger partial charge in [-0.15, -0.1) is 0 Å². The first-order valence-electron chi connectivity index (χ1n) is 7.59. The SMILES string of the molecule is COc1cc(C)c(CNC(=O)C2CCCO2)cc1C(C)C. The van der Waals surface area contributed by atoms with Gasteiger partial charge in [-0.05, 0) is 54.5 Å². The predicted molar refractivity (Wildman–Crippen MR) is 82.6 cm³/mol. The molecular weight excluding hydrogens is 266 g/mol. The molecule has 1 aliphatic rings. The Balaban J connectivity index is 2.08. The summed E-state index contributed by atoms with van der Waals surface area (Å²) in [5.74, 6) is 1.29. The van der Waals surface area contributed by atoms with E-state index in [0.29, 0.717) is 19.1 Å². The van der Waals surface area contributed by atoms with Crippen LogP contribution < -0.4 is 10.1 Å². The van der Waals surface area contributed by atoms with Crippen LogP contribution in [0.3, 0.4) is 0 Å². The van der Waals surface area contributed by atoms with Crippen LogP contribution in [0.25, 0.3) is 0 Å². The van der Waals surface area contributed by atoms with Gasteiger partial charge in [0.2, 0.25) is 5.91 Å². The van der Waals surface area contributed by atoms with Crippen LogP contribution in [0.5, 0.6) is 5.75 Å². The average molecular weight is 291 g/mol. The van der Waals surface area contributed by atoms with E-state index in [9.17, 15) is 4.79 Å². The summed E-state index contributed by atoms with van der Waals surface area (Å²) in [6, 6.07) is 4.18. The molecule has 21 heavy (non-hydrogen) atoms. The molecule has 0 aromatic heterocycles. The Bertz CT molecular complexity index is 505. The fraction of sp³-hybridized carbons (Fsp3) is 0.588. The third-order valence-corrected chi connectivity index (χ3v) is 3.99. The van der Waals surface area contributed by atoms with Crippen LogP contribution in [0, 0.1) is 6.92 Å². The van der Waals surface area contributed by atoms with E-state index < -0.39 is 0 Å². The lowest BCUT2D eigenvalue weighted by molar-refractivity contribution is -0.130. The van der Waals surface area contributed by atoms with E-state index in [1.54, 1.807) is 7.11 Å². The molecule has 116 valence electrons. The van der Waals surface area contributed by atoms with Crippen molar-refractivity contribution in [2.24, 2.45) is 0 Å². The zero-order valence-electron chi connectivity index (χ0n) is 13.4. The zero-order chi connectivity index (χ0) is 15.4. The first-order chi connectivity index (χ1) is 10.0. The van der Waals surface area contributed by atoms with Gasteiger partial charge >= 0.3 is 0 Å². The van der Waals surface area contributed by atoms with E-state index in [-0.39, 0.29) is 12.0 Å². The minimum atomic E-state index is -0.270. The summed E-state index contributed by atoms with van der Waals surface area (Å²) in [7, 11) is 1.69. The third-order valence-electron chi connectivity index (χ3n) is 3.99. The summed E-state index contributed by atoms with van der Waals surface area (Å²) in [5, 5.41) is 2.98. The Labute approximate surface area is 126 Å². The Morgan fingerprint density at radius 2 is 2.24 bits per heavy atom. The number of amides is 1. The molecule has 0 aliphatic carbocycles. The number of carbonyl (C=O) groups excluding carboxylic acids is 1. The minimum absolute atomic E-state index is 0.00573. The highest BCUT2D eigenvalue weighted by atomic mass is 16.5. The number of rotatable bonds is 5. The highest BCUT2D eigenvalue weighted by Crippen LogP contribution is 2.29. The maximum absolute atomic E-state index is 12.0. The molecule has 1 saturated heterocycles. The first kappa shape index (κ1) is 15.8. The molecule has 0 spiro atoms. The molecule has 0 saturated carbocycles. The second-order valence-electron chi connectivity index (χ2n) is 5.89. The Kier molecular flexibility index (Phi) is 5.23. The smallest absolute Gasteiger partial charge is 0.249 e. The van der Waals surface area contributed by atoms with E-state index in [1.165, 1.54) is 5.56 Å². The van der Waals surface area contributed by atoms with Gasteiger partial charge in [0.25, 0.3) is 0 Å². The third kappa shape index (κ3) is 3.76. The number of carbonyl (C=O) groups is 1. The Morgan fingerprint density at radius 1 is 1.48 bits per heavy atom. The molecule has 1 aromatic rings. The zero-order valence-corrected chi connectivity index (χ0v) is 13.4. The molecule has 1 N–H and O–H groups in total. The molecule has 4 heteroatoms. The molecule has 1 fully saturated rings. The number of hydrogen-bond acceptors (Lipinski definition) is 3. The highest BCUT2D eigenvalue weighted by Gasteiger charge is 2.23. The second-order valence-corrected chi connectivity index (χ2v) is 5.89. The number of nitrogens with one attached hydrogen (secondary N) is 1. The van der Waals surface area contributed by atoms with Crippen molar-refractivity contribution < 1.29 is 14.3 Å². The minimum Gasteiger partial charge on any atom is -0.496 e. The molecule has 1 heterocycles. The van der Waals surface area contributed by atoms with Crippen molar-refractivity contribution in [3.63, 3.8) is 0 Å². The van der Waals surface area contributed by atoms with Crippen LogP contribution in [0.15, 0.2) is 12.1 Å². The van der Waals surface area contributed by atoms with Crippen molar-refractivity contribution in [1.29, 1.82) is 0 Å². The van der Waals surface area contributed by atoms with Gasteiger partial charge in [-0.3, -0.25) is 4.79 Å². The molecule has 2 rings (SSSR count). The molecule has 1 amide bonds. The van der Waals surface area contributed by atoms with Crippen LogP contribution >= 0.6 is 0 Å². The van der Waals surface area contributed by atoms with E-state index in [1.807, 2.05) is 13.0 Å². The van der Waals surface area contributed by atoms with Crippen molar-refractivity contribution in [1.82, 2.24) is 5.32 Å². The van der Waals surface area contributed by atoms with Crippen molar-refractivity contribution in [3.05, 3.63) is 28.8 Å². The van der Waals surface area contributed by atoms with Crippen LogP contribution in [0.4, 0.5) is 0 Å². The van der Waals surface area contributed by atoms with E-state index >= 15 is 0 Å². The van der Waals surface area contributed by atoms with Gasteiger partial charge in [-0.2, -0.15) is 0 Å². The van der Waals surface area contributed by atoms with Crippen molar-refractivity contribution in [2.75, 3.05) is 13.7 Å². The number of ether oxygens (including phenoxy) is 2. The summed E-state index contributed by atoms with van der Waals surface area (Å²) in [6.07, 6.45) is 1.52. The van der Waals surface area contributed by atoms with Crippen molar-refractivity contribution in [3.8, 4) is 5.75 Å². The summed E-state index contributed by atoms with van der Waals surface area (Å²) in [4.78, 5) is 12.0. The average Bonchev–Trinajstić information content (AvgIpc) is 2.99. The molecule has 0 radical (unpaired) electrons. The fourth-order valence-electron chi connectivity index (χ4n) is 2.64. The van der Waals surface area contributed by atoms with E-state index in [0.717, 1.165) is 29.7 Å². The van der Waals surface area contributed by atoms with E-state index in [2.05, 4.69) is 25.2 Å². The van der Waals surface area contributed by atoms with Gasteiger partial charge in [0.15, 0.2) is 0 Å². The molecule has 1 atom stereocenters. The van der Waals surface area contributed by atoms with Crippen LogP contribution in [0.1, 0.15) is 49.3 Å². The maximum Gasteiger partial charge on any atom is 0.249 e. The Hall–Kier alpha value is -1.55. The van der Waals surface area contributed by atoms with Gasteiger partial charge in [0.05, 0.1) is 7.11 Å². The van der Waals surface area contributed by atoms with Gasteiger partial charge in [0.1, 0.15) is 11.9 Å². The van der Waals surface area contributed by atoms with Gasteiger partial charge in [0, 0.05) is 13.2 Å². The summed E-state index contributed by atoms with van der Waals surface area (Å²) in [5.41, 5.74) is 3.43. The fourth-order valence-corrected chi connectivity index (χ4v) is 2.64. The van der Waals surface area contributed by atoms with Crippen LogP contribution in [0.2, 0.25) is 0 Å². The quantitative estimate of drug-likeness (QED) is 0.907. The summed E-state index contributed by atoms with van der Waals surface area (Å²) in [6.45, 7) is 7.55. The largest absolute Gasteiger partial charge is 0.496 e. The molecule has 1 aromatic carbocycles.